The third-order valence-corrected chi connectivity index (χ3v) is 18.7. The van der Waals surface area contributed by atoms with Crippen LogP contribution >= 0.6 is 51.2 Å². The van der Waals surface area contributed by atoms with Crippen LogP contribution in [0.5, 0.6) is 0 Å². The van der Waals surface area contributed by atoms with E-state index in [4.69, 9.17) is 72.1 Å². The summed E-state index contributed by atoms with van der Waals surface area (Å²) >= 11 is 12.9. The van der Waals surface area contributed by atoms with Crippen LogP contribution in [0.3, 0.4) is 0 Å². The molecule has 0 aliphatic carbocycles. The van der Waals surface area contributed by atoms with Crippen LogP contribution in [0.1, 0.15) is 128 Å². The quantitative estimate of drug-likeness (QED) is 0.0344. The molecule has 0 bridgehead atoms. The lowest BCUT2D eigenvalue weighted by atomic mass is 10.1. The van der Waals surface area contributed by atoms with Crippen LogP contribution in [-0.4, -0.2) is 163 Å². The molecule has 7 rings (SSSR count). The molecule has 3 aliphatic rings. The van der Waals surface area contributed by atoms with E-state index in [9.17, 15) is 19.3 Å². The van der Waals surface area contributed by atoms with E-state index in [1.165, 1.54) is 29.0 Å². The van der Waals surface area contributed by atoms with E-state index in [0.29, 0.717) is 60.3 Å². The van der Waals surface area contributed by atoms with Gasteiger partial charge in [0, 0.05) is 30.6 Å². The summed E-state index contributed by atoms with van der Waals surface area (Å²) in [5.74, 6) is -0.856. The summed E-state index contributed by atoms with van der Waals surface area (Å²) in [4.78, 5) is 48.0. The Morgan fingerprint density at radius 1 is 0.808 bits per heavy atom. The van der Waals surface area contributed by atoms with Crippen molar-refractivity contribution in [1.82, 2.24) is 48.4 Å². The summed E-state index contributed by atoms with van der Waals surface area (Å²) in [6, 6.07) is 1.57. The number of nitrogen functional groups attached to an aromatic ring is 2. The molecule has 0 aromatic carbocycles. The molecule has 0 spiro atoms. The van der Waals surface area contributed by atoms with Crippen LogP contribution in [0, 0.1) is 11.8 Å². The van der Waals surface area contributed by atoms with Crippen molar-refractivity contribution < 1.29 is 61.1 Å². The lowest BCUT2D eigenvalue weighted by molar-refractivity contribution is -0.153. The second-order valence-corrected chi connectivity index (χ2v) is 26.1. The molecule has 4 aromatic rings. The first kappa shape index (κ1) is 65.6. The minimum atomic E-state index is -4.00. The minimum Gasteiger partial charge on any atom is -0.463 e. The first-order valence-corrected chi connectivity index (χ1v) is 30.4. The maximum absolute atomic E-state index is 15.4. The molecular formula is C48H79Cl2FN12O12P2S. The average Bonchev–Trinajstić information content (AvgIpc) is 4.27. The van der Waals surface area contributed by atoms with E-state index in [2.05, 4.69) is 94.6 Å². The summed E-state index contributed by atoms with van der Waals surface area (Å²) < 4.78 is 75.0. The molecule has 10 atom stereocenters. The number of halogens is 3. The topological polar surface area (TPSA) is 302 Å². The number of thioether (sulfide) groups is 1. The molecule has 0 radical (unpaired) electrons. The minimum absolute atomic E-state index is 0.0176. The number of alkyl halides is 1. The lowest BCUT2D eigenvalue weighted by Crippen LogP contribution is -2.43. The highest BCUT2D eigenvalue weighted by atomic mass is 35.5. The third kappa shape index (κ3) is 17.0. The number of esters is 2. The Morgan fingerprint density at radius 2 is 1.28 bits per heavy atom. The number of fused-ring (bicyclic) bond motifs is 3. The number of carbonyl (C=O) groups excluding carboxylic acids is 2. The number of ether oxygens (including phenoxy) is 3. The zero-order valence-corrected chi connectivity index (χ0v) is 50.9. The lowest BCUT2D eigenvalue weighted by Gasteiger charge is -2.45. The van der Waals surface area contributed by atoms with Gasteiger partial charge in [-0.05, 0) is 119 Å². The predicted molar refractivity (Wildman–Crippen MR) is 298 cm³/mol. The highest BCUT2D eigenvalue weighted by Crippen LogP contribution is 2.60. The van der Waals surface area contributed by atoms with Crippen molar-refractivity contribution in [3.05, 3.63) is 23.2 Å². The SMILES string of the molecule is CC(C)OC(=O)[C@@H](C)CCOP(N(C(C)C)C(C)C)N(C(C)C)C(C)C.CC(C)OC(=O)[C@H](C)CCOP1(=O)OC[C@H]2S[C@@H](n3cnc4c(N)nc(Cl)nc43)[C@@H](F)[C@@H]2O1.Nc1nc(Cl)nc2c1ncn2[C@H]1C[C@H](O)[C@@H](CO)O1. The summed E-state index contributed by atoms with van der Waals surface area (Å²) in [5, 5.41) is 17.5. The van der Waals surface area contributed by atoms with E-state index in [0.717, 1.165) is 0 Å². The van der Waals surface area contributed by atoms with Crippen LogP contribution in [0.15, 0.2) is 12.7 Å². The molecular weight excluding hydrogens is 1120 g/mol. The fraction of sp³-hybridized carbons (Fsp3) is 0.750. The molecule has 3 fully saturated rings. The summed E-state index contributed by atoms with van der Waals surface area (Å²) in [5.41, 5.74) is 13.0. The Morgan fingerprint density at radius 3 is 1.74 bits per heavy atom. The molecule has 78 heavy (non-hydrogen) atoms. The molecule has 1 unspecified atom stereocenters. The number of hydrogen-bond acceptors (Lipinski definition) is 23. The van der Waals surface area contributed by atoms with Gasteiger partial charge in [-0.25, -0.2) is 28.3 Å². The smallest absolute Gasteiger partial charge is 0.463 e. The van der Waals surface area contributed by atoms with Crippen molar-refractivity contribution in [2.24, 2.45) is 11.8 Å². The Balaban J connectivity index is 0.000000224. The summed E-state index contributed by atoms with van der Waals surface area (Å²) in [6.45, 7) is 28.9. The van der Waals surface area contributed by atoms with Gasteiger partial charge in [-0.3, -0.25) is 32.3 Å². The standard InChI is InChI=1S/C20H43N2O3P.C18H24ClFN5O6PS.C10H12ClN5O3/c1-14(2)21(15(3)4)26(22(16(5)6)17(7)8)24-13-12-19(11)20(23)25-18(9)10;1-8(2)30-17(26)9(3)4-5-28-32(27)29-6-10-13(31-32)11(20)16(33-10)25-7-22-12-14(21)23-18(19)24-15(12)25;11-10-14-8(12)7-9(15-10)16(3-13-7)6-1-4(18)5(2-17)19-6/h14-19H,12-13H2,1-11H3;7-11,13,16H,4-6H2,1-3H3,(H2,21,23,24);3-6,17-18H,1-2H2,(H2,12,14,15)/t19-;9-,10-,11+,13-,16-,32?;4-,5+,6+/m010/s1. The van der Waals surface area contributed by atoms with Crippen molar-refractivity contribution in [3.63, 3.8) is 0 Å². The number of hydrogen-bond donors (Lipinski definition) is 4. The summed E-state index contributed by atoms with van der Waals surface area (Å²) in [6.07, 6.45) is -0.554. The monoisotopic (exact) mass is 1200 g/mol. The van der Waals surface area contributed by atoms with Crippen LogP contribution < -0.4 is 11.5 Å². The number of rotatable bonds is 21. The van der Waals surface area contributed by atoms with Gasteiger partial charge in [0.25, 0.3) is 0 Å². The Labute approximate surface area is 471 Å². The third-order valence-electron chi connectivity index (χ3n) is 12.3. The number of aliphatic hydroxyl groups excluding tert-OH is 2. The number of nitrogens with two attached hydrogens (primary N) is 2. The van der Waals surface area contributed by atoms with Crippen LogP contribution in [0.25, 0.3) is 22.3 Å². The Kier molecular flexibility index (Phi) is 24.5. The van der Waals surface area contributed by atoms with Crippen LogP contribution in [0.2, 0.25) is 10.6 Å². The second-order valence-electron chi connectivity index (χ2n) is 20.7. The Hall–Kier alpha value is -3.20. The zero-order valence-electron chi connectivity index (χ0n) is 46.8. The van der Waals surface area contributed by atoms with Crippen molar-refractivity contribution in [3.8, 4) is 0 Å². The molecule has 30 heteroatoms. The molecule has 6 N–H and O–H groups in total. The number of nitrogens with zero attached hydrogens (tertiary/aromatic N) is 10. The molecule has 440 valence electrons. The van der Waals surface area contributed by atoms with Gasteiger partial charge in [-0.15, -0.1) is 11.8 Å². The number of carbonyl (C=O) groups is 2. The van der Waals surface area contributed by atoms with Crippen molar-refractivity contribution in [2.45, 2.75) is 194 Å². The number of aromatic nitrogens is 8. The number of aliphatic hydroxyl groups is 2. The van der Waals surface area contributed by atoms with Gasteiger partial charge < -0.3 is 40.4 Å². The van der Waals surface area contributed by atoms with E-state index < -0.39 is 63.5 Å². The molecule has 0 amide bonds. The number of phosphoric acid groups is 1. The summed E-state index contributed by atoms with van der Waals surface area (Å²) in [7, 11) is -4.90. The number of anilines is 2. The fourth-order valence-corrected chi connectivity index (χ4v) is 14.4. The van der Waals surface area contributed by atoms with Gasteiger partial charge >= 0.3 is 19.8 Å². The zero-order chi connectivity index (χ0) is 58.1. The van der Waals surface area contributed by atoms with Crippen molar-refractivity contribution >= 4 is 97.1 Å². The second kappa shape index (κ2) is 29.2. The molecule has 3 aliphatic heterocycles. The van der Waals surface area contributed by atoms with Crippen LogP contribution in [0.4, 0.5) is 16.0 Å². The maximum Gasteiger partial charge on any atom is 0.475 e. The molecule has 7 heterocycles. The average molecular weight is 1200 g/mol. The highest BCUT2D eigenvalue weighted by molar-refractivity contribution is 8.00. The van der Waals surface area contributed by atoms with E-state index in [1.54, 1.807) is 25.3 Å². The maximum atomic E-state index is 15.4. The van der Waals surface area contributed by atoms with Gasteiger partial charge in [-0.1, -0.05) is 13.8 Å². The molecule has 0 saturated carbocycles. The van der Waals surface area contributed by atoms with Gasteiger partial charge in [0.2, 0.25) is 10.6 Å². The van der Waals surface area contributed by atoms with Gasteiger partial charge in [0.1, 0.15) is 34.8 Å². The largest absolute Gasteiger partial charge is 0.475 e. The van der Waals surface area contributed by atoms with E-state index in [1.807, 2.05) is 20.8 Å². The van der Waals surface area contributed by atoms with E-state index in [-0.39, 0.29) is 84.2 Å². The number of phosphoric ester groups is 1. The first-order chi connectivity index (χ1) is 36.6. The van der Waals surface area contributed by atoms with Crippen molar-refractivity contribution in [1.29, 1.82) is 0 Å². The van der Waals surface area contributed by atoms with Crippen LogP contribution in [-0.2, 0) is 46.5 Å². The van der Waals surface area contributed by atoms with Gasteiger partial charge in [0.15, 0.2) is 37.6 Å². The van der Waals surface area contributed by atoms with Gasteiger partial charge in [-0.2, -0.15) is 19.9 Å². The predicted octanol–water partition coefficient (Wildman–Crippen LogP) is 8.68. The Bertz CT molecular complexity index is 2610. The van der Waals surface area contributed by atoms with Gasteiger partial charge in [0.05, 0.1) is 74.5 Å². The van der Waals surface area contributed by atoms with E-state index >= 15 is 4.39 Å². The van der Waals surface area contributed by atoms with Crippen molar-refractivity contribution in [2.75, 3.05) is 37.9 Å². The molecule has 4 aromatic heterocycles. The fourth-order valence-electron chi connectivity index (χ4n) is 8.68. The number of imidazole rings is 2. The molecule has 24 nitrogen and oxygen atoms in total. The molecule has 3 saturated heterocycles. The highest BCUT2D eigenvalue weighted by Gasteiger charge is 2.54. The normalized spacial score (nSPS) is 24.2. The first-order valence-electron chi connectivity index (χ1n) is 26.1.